The monoisotopic (exact) mass is 374 g/mol. The minimum absolute atomic E-state index is 0.220. The Labute approximate surface area is 153 Å². The van der Waals surface area contributed by atoms with Gasteiger partial charge in [0.25, 0.3) is 0 Å². The maximum Gasteiger partial charge on any atom is 0.244 e. The molecule has 1 aliphatic rings. The highest BCUT2D eigenvalue weighted by atomic mass is 32.2. The highest BCUT2D eigenvalue weighted by Crippen LogP contribution is 2.32. The number of nitrogens with one attached hydrogen (secondary N) is 1. The molecule has 1 N–H and O–H groups in total. The van der Waals surface area contributed by atoms with Gasteiger partial charge in [-0.3, -0.25) is 4.79 Å². The quantitative estimate of drug-likeness (QED) is 0.890. The average Bonchev–Trinajstić information content (AvgIpc) is 2.63. The normalized spacial score (nSPS) is 18.4. The van der Waals surface area contributed by atoms with E-state index in [1.165, 1.54) is 4.31 Å². The standard InChI is InChI=1S/C19H22N2O4S/c1-13-4-5-14(2)17(12-13)26(23,24)21-11-10-20-19(22)18(21)15-6-8-16(25-3)9-7-15/h4-9,12,18H,10-11H2,1-3H3,(H,20,22). The van der Waals surface area contributed by atoms with Crippen molar-refractivity contribution in [3.8, 4) is 5.75 Å². The van der Waals surface area contributed by atoms with E-state index in [0.717, 1.165) is 5.56 Å². The third kappa shape index (κ3) is 3.32. The number of benzene rings is 2. The molecule has 26 heavy (non-hydrogen) atoms. The number of hydrogen-bond acceptors (Lipinski definition) is 4. The summed E-state index contributed by atoms with van der Waals surface area (Å²) in [5, 5.41) is 2.76. The van der Waals surface area contributed by atoms with Gasteiger partial charge in [-0.05, 0) is 48.7 Å². The van der Waals surface area contributed by atoms with Gasteiger partial charge in [0.05, 0.1) is 12.0 Å². The molecule has 7 heteroatoms. The molecule has 3 rings (SSSR count). The van der Waals surface area contributed by atoms with Crippen LogP contribution in [0.4, 0.5) is 0 Å². The van der Waals surface area contributed by atoms with E-state index < -0.39 is 16.1 Å². The van der Waals surface area contributed by atoms with E-state index in [0.29, 0.717) is 16.9 Å². The first-order chi connectivity index (χ1) is 12.3. The molecule has 0 radical (unpaired) electrons. The fourth-order valence-corrected chi connectivity index (χ4v) is 5.01. The molecule has 0 spiro atoms. The maximum absolute atomic E-state index is 13.3. The Balaban J connectivity index is 2.07. The minimum Gasteiger partial charge on any atom is -0.497 e. The third-order valence-electron chi connectivity index (χ3n) is 4.53. The third-order valence-corrected chi connectivity index (χ3v) is 6.54. The zero-order valence-corrected chi connectivity index (χ0v) is 15.8. The molecule has 1 heterocycles. The Kier molecular flexibility index (Phi) is 5.02. The number of ether oxygens (including phenoxy) is 1. The number of sulfonamides is 1. The topological polar surface area (TPSA) is 75.7 Å². The van der Waals surface area contributed by atoms with E-state index in [1.54, 1.807) is 50.4 Å². The van der Waals surface area contributed by atoms with E-state index >= 15 is 0 Å². The first-order valence-electron chi connectivity index (χ1n) is 8.35. The lowest BCUT2D eigenvalue weighted by Crippen LogP contribution is -2.52. The molecule has 138 valence electrons. The highest BCUT2D eigenvalue weighted by Gasteiger charge is 2.40. The van der Waals surface area contributed by atoms with Crippen LogP contribution in [0, 0.1) is 13.8 Å². The van der Waals surface area contributed by atoms with Crippen LogP contribution in [0.1, 0.15) is 22.7 Å². The summed E-state index contributed by atoms with van der Waals surface area (Å²) < 4.78 is 33.1. The molecule has 0 aliphatic carbocycles. The minimum atomic E-state index is -3.82. The van der Waals surface area contributed by atoms with Crippen LogP contribution in [0.25, 0.3) is 0 Å². The molecule has 0 saturated carbocycles. The number of rotatable bonds is 4. The lowest BCUT2D eigenvalue weighted by molar-refractivity contribution is -0.126. The van der Waals surface area contributed by atoms with Gasteiger partial charge >= 0.3 is 0 Å². The Hall–Kier alpha value is -2.38. The first kappa shape index (κ1) is 18.4. The smallest absolute Gasteiger partial charge is 0.244 e. The molecule has 2 aromatic carbocycles. The molecule has 2 aromatic rings. The lowest BCUT2D eigenvalue weighted by atomic mass is 10.0. The Morgan fingerprint density at radius 2 is 1.81 bits per heavy atom. The largest absolute Gasteiger partial charge is 0.497 e. The molecule has 1 unspecified atom stereocenters. The molecular formula is C19H22N2O4S. The number of methoxy groups -OCH3 is 1. The molecule has 1 saturated heterocycles. The van der Waals surface area contributed by atoms with Crippen LogP contribution in [-0.2, 0) is 14.8 Å². The van der Waals surface area contributed by atoms with E-state index in [2.05, 4.69) is 5.32 Å². The van der Waals surface area contributed by atoms with Crippen molar-refractivity contribution in [3.63, 3.8) is 0 Å². The van der Waals surface area contributed by atoms with Gasteiger partial charge in [-0.15, -0.1) is 0 Å². The van der Waals surface area contributed by atoms with Gasteiger partial charge in [-0.2, -0.15) is 4.31 Å². The molecule has 1 amide bonds. The summed E-state index contributed by atoms with van der Waals surface area (Å²) in [6.45, 7) is 4.12. The number of amides is 1. The van der Waals surface area contributed by atoms with E-state index in [1.807, 2.05) is 13.0 Å². The number of hydrogen-bond donors (Lipinski definition) is 1. The number of piperazine rings is 1. The zero-order valence-electron chi connectivity index (χ0n) is 15.0. The van der Waals surface area contributed by atoms with Crippen LogP contribution < -0.4 is 10.1 Å². The predicted octanol–water partition coefficient (Wildman–Crippen LogP) is 2.17. The van der Waals surface area contributed by atoms with Gasteiger partial charge in [0.2, 0.25) is 15.9 Å². The van der Waals surface area contributed by atoms with E-state index in [9.17, 15) is 13.2 Å². The van der Waals surface area contributed by atoms with E-state index in [-0.39, 0.29) is 23.9 Å². The summed E-state index contributed by atoms with van der Waals surface area (Å²) in [4.78, 5) is 12.8. The van der Waals surface area contributed by atoms with Gasteiger partial charge in [-0.1, -0.05) is 24.3 Å². The SMILES string of the molecule is COc1ccc(C2C(=O)NCCN2S(=O)(=O)c2cc(C)ccc2C)cc1. The summed E-state index contributed by atoms with van der Waals surface area (Å²) in [7, 11) is -2.26. The number of nitrogens with zero attached hydrogens (tertiary/aromatic N) is 1. The highest BCUT2D eigenvalue weighted by molar-refractivity contribution is 7.89. The summed E-state index contributed by atoms with van der Waals surface area (Å²) >= 11 is 0. The van der Waals surface area contributed by atoms with Gasteiger partial charge in [0.15, 0.2) is 0 Å². The Bertz CT molecular complexity index is 923. The molecule has 0 aromatic heterocycles. The summed E-state index contributed by atoms with van der Waals surface area (Å²) in [5.74, 6) is 0.323. The molecular weight excluding hydrogens is 352 g/mol. The van der Waals surface area contributed by atoms with Crippen molar-refractivity contribution < 1.29 is 17.9 Å². The fourth-order valence-electron chi connectivity index (χ4n) is 3.12. The van der Waals surface area contributed by atoms with Gasteiger partial charge in [0, 0.05) is 13.1 Å². The van der Waals surface area contributed by atoms with Crippen LogP contribution in [0.5, 0.6) is 5.75 Å². The Morgan fingerprint density at radius 3 is 2.46 bits per heavy atom. The Morgan fingerprint density at radius 1 is 1.12 bits per heavy atom. The first-order valence-corrected chi connectivity index (χ1v) is 9.79. The van der Waals surface area contributed by atoms with Crippen LogP contribution in [0.3, 0.4) is 0 Å². The van der Waals surface area contributed by atoms with Crippen LogP contribution in [-0.4, -0.2) is 38.8 Å². The molecule has 1 aliphatic heterocycles. The number of carbonyl (C=O) groups excluding carboxylic acids is 1. The summed E-state index contributed by atoms with van der Waals surface area (Å²) in [6, 6.07) is 11.3. The number of carbonyl (C=O) groups is 1. The van der Waals surface area contributed by atoms with Crippen molar-refractivity contribution in [1.82, 2.24) is 9.62 Å². The van der Waals surface area contributed by atoms with Crippen molar-refractivity contribution in [2.45, 2.75) is 24.8 Å². The fraction of sp³-hybridized carbons (Fsp3) is 0.316. The second-order valence-electron chi connectivity index (χ2n) is 6.35. The summed E-state index contributed by atoms with van der Waals surface area (Å²) in [5.41, 5.74) is 2.13. The van der Waals surface area contributed by atoms with Gasteiger partial charge in [0.1, 0.15) is 11.8 Å². The molecule has 6 nitrogen and oxygen atoms in total. The zero-order chi connectivity index (χ0) is 18.9. The second-order valence-corrected chi connectivity index (χ2v) is 8.21. The molecule has 1 atom stereocenters. The number of aryl methyl sites for hydroxylation is 2. The molecule has 1 fully saturated rings. The van der Waals surface area contributed by atoms with Crippen LogP contribution >= 0.6 is 0 Å². The van der Waals surface area contributed by atoms with Crippen molar-refractivity contribution in [3.05, 3.63) is 59.2 Å². The van der Waals surface area contributed by atoms with Gasteiger partial charge < -0.3 is 10.1 Å². The van der Waals surface area contributed by atoms with Crippen molar-refractivity contribution in [2.75, 3.05) is 20.2 Å². The maximum atomic E-state index is 13.3. The second kappa shape index (κ2) is 7.09. The average molecular weight is 374 g/mol. The lowest BCUT2D eigenvalue weighted by Gasteiger charge is -2.34. The molecule has 0 bridgehead atoms. The predicted molar refractivity (Wildman–Crippen MR) is 98.6 cm³/mol. The van der Waals surface area contributed by atoms with Crippen molar-refractivity contribution >= 4 is 15.9 Å². The summed E-state index contributed by atoms with van der Waals surface area (Å²) in [6.07, 6.45) is 0. The van der Waals surface area contributed by atoms with Crippen LogP contribution in [0.2, 0.25) is 0 Å². The van der Waals surface area contributed by atoms with E-state index in [4.69, 9.17) is 4.74 Å². The van der Waals surface area contributed by atoms with Crippen molar-refractivity contribution in [1.29, 1.82) is 0 Å². The van der Waals surface area contributed by atoms with Crippen LogP contribution in [0.15, 0.2) is 47.4 Å². The van der Waals surface area contributed by atoms with Gasteiger partial charge in [-0.25, -0.2) is 8.42 Å². The van der Waals surface area contributed by atoms with Crippen molar-refractivity contribution in [2.24, 2.45) is 0 Å².